The van der Waals surface area contributed by atoms with E-state index in [-0.39, 0.29) is 15.1 Å². The second-order valence-electron chi connectivity index (χ2n) is 4.28. The van der Waals surface area contributed by atoms with Crippen LogP contribution in [0.4, 0.5) is 10.1 Å². The van der Waals surface area contributed by atoms with Crippen molar-refractivity contribution in [2.45, 2.75) is 11.4 Å². The van der Waals surface area contributed by atoms with E-state index in [1.807, 2.05) is 0 Å². The highest BCUT2D eigenvalue weighted by molar-refractivity contribution is 9.10. The molecule has 0 fully saturated rings. The third kappa shape index (κ3) is 4.02. The fourth-order valence-electron chi connectivity index (χ4n) is 1.61. The van der Waals surface area contributed by atoms with Crippen molar-refractivity contribution < 1.29 is 12.8 Å². The molecule has 2 N–H and O–H groups in total. The molecule has 0 saturated carbocycles. The highest BCUT2D eigenvalue weighted by Gasteiger charge is 2.17. The number of hydrogen-bond acceptors (Lipinski definition) is 4. The Bertz CT molecular complexity index is 733. The van der Waals surface area contributed by atoms with E-state index in [1.165, 1.54) is 35.3 Å². The lowest BCUT2D eigenvalue weighted by atomic mass is 10.3. The summed E-state index contributed by atoms with van der Waals surface area (Å²) in [5, 5.41) is 6.93. The molecule has 6 nitrogen and oxygen atoms in total. The summed E-state index contributed by atoms with van der Waals surface area (Å²) >= 11 is 3.01. The lowest BCUT2D eigenvalue weighted by Crippen LogP contribution is -2.15. The van der Waals surface area contributed by atoms with E-state index in [2.05, 4.69) is 31.1 Å². The first-order valence-corrected chi connectivity index (χ1v) is 8.35. The van der Waals surface area contributed by atoms with Crippen LogP contribution >= 0.6 is 15.9 Å². The van der Waals surface area contributed by atoms with Crippen LogP contribution < -0.4 is 10.0 Å². The molecular formula is C12H14BrFN4O2S. The van der Waals surface area contributed by atoms with Gasteiger partial charge >= 0.3 is 0 Å². The minimum absolute atomic E-state index is 0.0547. The Hall–Kier alpha value is -1.45. The standard InChI is InChI=1S/C12H14BrFN4O2S/c1-15-4-5-18-8-10(7-16-18)21(19,20)17-9-2-3-12(14)11(13)6-9/h2-3,6-8,15,17H,4-5H2,1H3. The number of nitrogens with zero attached hydrogens (tertiary/aromatic N) is 2. The van der Waals surface area contributed by atoms with Crippen LogP contribution in [0.25, 0.3) is 0 Å². The Kier molecular flexibility index (Phi) is 4.96. The van der Waals surface area contributed by atoms with Crippen LogP contribution in [-0.4, -0.2) is 31.8 Å². The van der Waals surface area contributed by atoms with Crippen LogP contribution in [0, 0.1) is 5.82 Å². The Morgan fingerprint density at radius 2 is 2.19 bits per heavy atom. The number of sulfonamides is 1. The molecule has 0 aliphatic heterocycles. The van der Waals surface area contributed by atoms with Gasteiger partial charge < -0.3 is 5.32 Å². The minimum atomic E-state index is -3.74. The molecule has 114 valence electrons. The number of hydrogen-bond donors (Lipinski definition) is 2. The van der Waals surface area contributed by atoms with Crippen LogP contribution in [0.5, 0.6) is 0 Å². The van der Waals surface area contributed by atoms with E-state index in [0.717, 1.165) is 0 Å². The third-order valence-electron chi connectivity index (χ3n) is 2.68. The molecular weight excluding hydrogens is 363 g/mol. The Morgan fingerprint density at radius 3 is 2.86 bits per heavy atom. The zero-order valence-electron chi connectivity index (χ0n) is 11.2. The summed E-state index contributed by atoms with van der Waals surface area (Å²) in [5.41, 5.74) is 0.270. The molecule has 21 heavy (non-hydrogen) atoms. The van der Waals surface area contributed by atoms with E-state index in [1.54, 1.807) is 7.05 Å². The van der Waals surface area contributed by atoms with Crippen molar-refractivity contribution in [2.75, 3.05) is 18.3 Å². The number of aromatic nitrogens is 2. The molecule has 0 radical (unpaired) electrons. The van der Waals surface area contributed by atoms with Crippen LogP contribution in [-0.2, 0) is 16.6 Å². The van der Waals surface area contributed by atoms with Gasteiger partial charge in [-0.05, 0) is 41.2 Å². The maximum absolute atomic E-state index is 13.1. The summed E-state index contributed by atoms with van der Waals surface area (Å²) in [4.78, 5) is 0.0547. The van der Waals surface area contributed by atoms with Gasteiger partial charge in [-0.3, -0.25) is 9.40 Å². The van der Waals surface area contributed by atoms with Gasteiger partial charge in [0, 0.05) is 12.7 Å². The summed E-state index contributed by atoms with van der Waals surface area (Å²) in [6, 6.07) is 3.89. The normalized spacial score (nSPS) is 11.6. The van der Waals surface area contributed by atoms with Gasteiger partial charge in [-0.25, -0.2) is 12.8 Å². The second kappa shape index (κ2) is 6.54. The Morgan fingerprint density at radius 1 is 1.43 bits per heavy atom. The molecule has 0 atom stereocenters. The lowest BCUT2D eigenvalue weighted by molar-refractivity contribution is 0.582. The van der Waals surface area contributed by atoms with Gasteiger partial charge in [-0.1, -0.05) is 0 Å². The molecule has 0 aliphatic rings. The van der Waals surface area contributed by atoms with Gasteiger partial charge in [-0.15, -0.1) is 0 Å². The quantitative estimate of drug-likeness (QED) is 0.805. The minimum Gasteiger partial charge on any atom is -0.318 e. The van der Waals surface area contributed by atoms with Gasteiger partial charge in [0.15, 0.2) is 0 Å². The fraction of sp³-hybridized carbons (Fsp3) is 0.250. The monoisotopic (exact) mass is 376 g/mol. The Labute approximate surface area is 130 Å². The van der Waals surface area contributed by atoms with Crippen LogP contribution in [0.15, 0.2) is 40.0 Å². The maximum atomic E-state index is 13.1. The van der Waals surface area contributed by atoms with Gasteiger partial charge in [0.25, 0.3) is 10.0 Å². The molecule has 1 aromatic carbocycles. The summed E-state index contributed by atoms with van der Waals surface area (Å²) in [6.07, 6.45) is 2.72. The summed E-state index contributed by atoms with van der Waals surface area (Å²) in [7, 11) is -1.94. The molecule has 0 bridgehead atoms. The SMILES string of the molecule is CNCCn1cc(S(=O)(=O)Nc2ccc(F)c(Br)c2)cn1. The number of benzene rings is 1. The Balaban J connectivity index is 2.17. The van der Waals surface area contributed by atoms with Crippen molar-refractivity contribution >= 4 is 31.6 Å². The zero-order valence-corrected chi connectivity index (χ0v) is 13.6. The molecule has 1 heterocycles. The number of nitrogens with one attached hydrogen (secondary N) is 2. The number of rotatable bonds is 6. The molecule has 9 heteroatoms. The first-order chi connectivity index (χ1) is 9.92. The third-order valence-corrected chi connectivity index (χ3v) is 4.63. The van der Waals surface area contributed by atoms with Crippen LogP contribution in [0.1, 0.15) is 0 Å². The van der Waals surface area contributed by atoms with Gasteiger partial charge in [-0.2, -0.15) is 5.10 Å². The molecule has 1 aromatic heterocycles. The predicted octanol–water partition coefficient (Wildman–Crippen LogP) is 1.80. The lowest BCUT2D eigenvalue weighted by Gasteiger charge is -2.06. The summed E-state index contributed by atoms with van der Waals surface area (Å²) in [5.74, 6) is -0.460. The van der Waals surface area contributed by atoms with Gasteiger partial charge in [0.05, 0.1) is 22.9 Å². The summed E-state index contributed by atoms with van der Waals surface area (Å²) in [6.45, 7) is 1.24. The molecule has 2 aromatic rings. The zero-order chi connectivity index (χ0) is 15.5. The van der Waals surface area contributed by atoms with E-state index in [4.69, 9.17) is 0 Å². The maximum Gasteiger partial charge on any atom is 0.265 e. The smallest absolute Gasteiger partial charge is 0.265 e. The molecule has 0 unspecified atom stereocenters. The molecule has 0 spiro atoms. The average molecular weight is 377 g/mol. The van der Waals surface area contributed by atoms with E-state index >= 15 is 0 Å². The van der Waals surface area contributed by atoms with E-state index < -0.39 is 15.8 Å². The topological polar surface area (TPSA) is 76.0 Å². The van der Waals surface area contributed by atoms with Gasteiger partial charge in [0.2, 0.25) is 0 Å². The predicted molar refractivity (Wildman–Crippen MR) is 81.1 cm³/mol. The average Bonchev–Trinajstić information content (AvgIpc) is 2.90. The molecule has 0 amide bonds. The number of halogens is 2. The molecule has 0 saturated heterocycles. The first-order valence-electron chi connectivity index (χ1n) is 6.07. The van der Waals surface area contributed by atoms with E-state index in [9.17, 15) is 12.8 Å². The largest absolute Gasteiger partial charge is 0.318 e. The summed E-state index contributed by atoms with van der Waals surface area (Å²) < 4.78 is 41.6. The van der Waals surface area contributed by atoms with Crippen molar-refractivity contribution in [2.24, 2.45) is 0 Å². The highest BCUT2D eigenvalue weighted by Crippen LogP contribution is 2.22. The second-order valence-corrected chi connectivity index (χ2v) is 6.81. The number of anilines is 1. The van der Waals surface area contributed by atoms with Crippen molar-refractivity contribution in [1.82, 2.24) is 15.1 Å². The first kappa shape index (κ1) is 15.9. The van der Waals surface area contributed by atoms with Crippen molar-refractivity contribution in [3.8, 4) is 0 Å². The van der Waals surface area contributed by atoms with Crippen LogP contribution in [0.2, 0.25) is 0 Å². The number of likely N-dealkylation sites (N-methyl/N-ethyl adjacent to an activating group) is 1. The highest BCUT2D eigenvalue weighted by atomic mass is 79.9. The fourth-order valence-corrected chi connectivity index (χ4v) is 2.99. The van der Waals surface area contributed by atoms with Gasteiger partial charge in [0.1, 0.15) is 10.7 Å². The van der Waals surface area contributed by atoms with Crippen molar-refractivity contribution in [3.63, 3.8) is 0 Å². The van der Waals surface area contributed by atoms with Crippen LogP contribution in [0.3, 0.4) is 0 Å². The molecule has 2 rings (SSSR count). The van der Waals surface area contributed by atoms with Crippen molar-refractivity contribution in [3.05, 3.63) is 40.9 Å². The van der Waals surface area contributed by atoms with E-state index in [0.29, 0.717) is 13.1 Å². The molecule has 0 aliphatic carbocycles. The van der Waals surface area contributed by atoms with Crippen molar-refractivity contribution in [1.29, 1.82) is 0 Å².